The summed E-state index contributed by atoms with van der Waals surface area (Å²) in [6, 6.07) is 8.67. The molecule has 1 aromatic carbocycles. The third-order valence-electron chi connectivity index (χ3n) is 3.31. The molecule has 0 saturated carbocycles. The lowest BCUT2D eigenvalue weighted by Gasteiger charge is -2.07. The first-order valence-electron chi connectivity index (χ1n) is 7.03. The molecule has 0 aliphatic rings. The Morgan fingerprint density at radius 2 is 2.12 bits per heavy atom. The van der Waals surface area contributed by atoms with E-state index in [1.807, 2.05) is 0 Å². The fourth-order valence-corrected chi connectivity index (χ4v) is 2.25. The van der Waals surface area contributed by atoms with Gasteiger partial charge in [0.15, 0.2) is 11.6 Å². The van der Waals surface area contributed by atoms with E-state index in [0.29, 0.717) is 22.3 Å². The Morgan fingerprint density at radius 1 is 1.29 bits per heavy atom. The van der Waals surface area contributed by atoms with Gasteiger partial charge in [-0.15, -0.1) is 0 Å². The highest BCUT2D eigenvalue weighted by Gasteiger charge is 2.10. The number of fused-ring (bicyclic) bond motifs is 1. The van der Waals surface area contributed by atoms with Crippen LogP contribution >= 0.6 is 0 Å². The molecule has 0 saturated heterocycles. The molecule has 0 bridgehead atoms. The molecule has 2 heterocycles. The molecular formula is C16H13F2N3O3. The second-order valence-electron chi connectivity index (χ2n) is 5.06. The van der Waals surface area contributed by atoms with Crippen molar-refractivity contribution in [3.63, 3.8) is 0 Å². The van der Waals surface area contributed by atoms with Crippen LogP contribution in [0.3, 0.4) is 0 Å². The molecule has 2 aromatic heterocycles. The summed E-state index contributed by atoms with van der Waals surface area (Å²) < 4.78 is 32.5. The second kappa shape index (κ2) is 6.53. The van der Waals surface area contributed by atoms with Gasteiger partial charge in [-0.3, -0.25) is 0 Å². The maximum Gasteiger partial charge on any atom is 0.404 e. The number of H-pyrrole nitrogens is 1. The normalized spacial score (nSPS) is 10.8. The van der Waals surface area contributed by atoms with Gasteiger partial charge in [-0.25, -0.2) is 14.2 Å². The van der Waals surface area contributed by atoms with Crippen LogP contribution in [-0.4, -0.2) is 21.2 Å². The largest absolute Gasteiger partial charge is 0.484 e. The number of nitrogens with one attached hydrogen (secondary N) is 2. The summed E-state index contributed by atoms with van der Waals surface area (Å²) in [6.07, 6.45) is -1.15. The molecule has 124 valence electrons. The number of carboxylic acid groups (broad SMARTS) is 1. The van der Waals surface area contributed by atoms with Gasteiger partial charge in [0.05, 0.1) is 12.2 Å². The van der Waals surface area contributed by atoms with E-state index in [2.05, 4.69) is 15.3 Å². The van der Waals surface area contributed by atoms with Crippen LogP contribution in [0.1, 0.15) is 11.4 Å². The van der Waals surface area contributed by atoms with Gasteiger partial charge < -0.3 is 20.1 Å². The Bertz CT molecular complexity index is 895. The Morgan fingerprint density at radius 3 is 2.88 bits per heavy atom. The van der Waals surface area contributed by atoms with Crippen LogP contribution < -0.4 is 10.1 Å². The maximum atomic E-state index is 14.1. The summed E-state index contributed by atoms with van der Waals surface area (Å²) in [7, 11) is 0. The number of amides is 1. The van der Waals surface area contributed by atoms with Crippen molar-refractivity contribution in [3.05, 3.63) is 59.6 Å². The van der Waals surface area contributed by atoms with Crippen LogP contribution in [0.4, 0.5) is 13.6 Å². The third-order valence-corrected chi connectivity index (χ3v) is 3.31. The van der Waals surface area contributed by atoms with Crippen LogP contribution in [-0.2, 0) is 13.2 Å². The lowest BCUT2D eigenvalue weighted by molar-refractivity contribution is 0.194. The molecule has 0 atom stereocenters. The maximum absolute atomic E-state index is 14.1. The van der Waals surface area contributed by atoms with E-state index in [1.165, 1.54) is 24.3 Å². The van der Waals surface area contributed by atoms with Crippen molar-refractivity contribution in [1.29, 1.82) is 0 Å². The monoisotopic (exact) mass is 333 g/mol. The van der Waals surface area contributed by atoms with Crippen molar-refractivity contribution in [2.24, 2.45) is 0 Å². The van der Waals surface area contributed by atoms with E-state index in [0.717, 1.165) is 0 Å². The highest BCUT2D eigenvalue weighted by molar-refractivity contribution is 5.82. The lowest BCUT2D eigenvalue weighted by Crippen LogP contribution is -2.19. The Kier molecular flexibility index (Phi) is 4.28. The minimum absolute atomic E-state index is 0.00634. The second-order valence-corrected chi connectivity index (χ2v) is 5.06. The van der Waals surface area contributed by atoms with Crippen LogP contribution in [0.25, 0.3) is 10.9 Å². The Labute approximate surface area is 135 Å². The predicted molar refractivity (Wildman–Crippen MR) is 81.6 cm³/mol. The zero-order valence-corrected chi connectivity index (χ0v) is 12.3. The number of aromatic nitrogens is 2. The molecule has 0 radical (unpaired) electrons. The van der Waals surface area contributed by atoms with Gasteiger partial charge in [0.2, 0.25) is 5.95 Å². The summed E-state index contributed by atoms with van der Waals surface area (Å²) in [5.41, 5.74) is 1.53. The smallest absolute Gasteiger partial charge is 0.404 e. The molecule has 0 unspecified atom stereocenters. The number of rotatable bonds is 5. The SMILES string of the molecule is O=C(O)NCc1cc2cc(F)c(OCc3cccc(F)n3)cc2[nH]1. The summed E-state index contributed by atoms with van der Waals surface area (Å²) in [6.45, 7) is 0.00333. The van der Waals surface area contributed by atoms with E-state index < -0.39 is 17.9 Å². The zero-order chi connectivity index (χ0) is 17.1. The fourth-order valence-electron chi connectivity index (χ4n) is 2.25. The van der Waals surface area contributed by atoms with Crippen molar-refractivity contribution in [2.75, 3.05) is 0 Å². The quantitative estimate of drug-likeness (QED) is 0.626. The Hall–Kier alpha value is -3.16. The van der Waals surface area contributed by atoms with Gasteiger partial charge >= 0.3 is 6.09 Å². The van der Waals surface area contributed by atoms with Gasteiger partial charge in [-0.05, 0) is 24.3 Å². The van der Waals surface area contributed by atoms with Crippen LogP contribution in [0.2, 0.25) is 0 Å². The van der Waals surface area contributed by atoms with Crippen molar-refractivity contribution in [3.8, 4) is 5.75 Å². The predicted octanol–water partition coefficient (Wildman–Crippen LogP) is 3.19. The number of hydrogen-bond acceptors (Lipinski definition) is 3. The van der Waals surface area contributed by atoms with Gasteiger partial charge in [0.25, 0.3) is 0 Å². The first kappa shape index (κ1) is 15.7. The number of pyridine rings is 1. The van der Waals surface area contributed by atoms with Gasteiger partial charge in [-0.2, -0.15) is 4.39 Å². The minimum atomic E-state index is -1.15. The minimum Gasteiger partial charge on any atom is -0.484 e. The number of halogens is 2. The van der Waals surface area contributed by atoms with Gasteiger partial charge in [-0.1, -0.05) is 6.07 Å². The molecule has 24 heavy (non-hydrogen) atoms. The van der Waals surface area contributed by atoms with E-state index in [-0.39, 0.29) is 18.9 Å². The highest BCUT2D eigenvalue weighted by atomic mass is 19.1. The number of carbonyl (C=O) groups is 1. The number of benzene rings is 1. The lowest BCUT2D eigenvalue weighted by atomic mass is 10.2. The van der Waals surface area contributed by atoms with E-state index in [1.54, 1.807) is 12.1 Å². The van der Waals surface area contributed by atoms with Crippen molar-refractivity contribution >= 4 is 17.0 Å². The first-order chi connectivity index (χ1) is 11.5. The van der Waals surface area contributed by atoms with Crippen molar-refractivity contribution in [2.45, 2.75) is 13.2 Å². The highest BCUT2D eigenvalue weighted by Crippen LogP contribution is 2.26. The van der Waals surface area contributed by atoms with Crippen LogP contribution in [0.5, 0.6) is 5.75 Å². The average molecular weight is 333 g/mol. The van der Waals surface area contributed by atoms with Crippen LogP contribution in [0, 0.1) is 11.8 Å². The average Bonchev–Trinajstić information content (AvgIpc) is 2.92. The van der Waals surface area contributed by atoms with E-state index in [9.17, 15) is 13.6 Å². The first-order valence-corrected chi connectivity index (χ1v) is 7.03. The standard InChI is InChI=1S/C16H13F2N3O3/c17-12-5-9-4-11(7-19-16(22)23)20-13(9)6-14(12)24-8-10-2-1-3-15(18)21-10/h1-6,19-20H,7-8H2,(H,22,23). The van der Waals surface area contributed by atoms with E-state index >= 15 is 0 Å². The molecule has 6 nitrogen and oxygen atoms in total. The number of nitrogens with zero attached hydrogens (tertiary/aromatic N) is 1. The van der Waals surface area contributed by atoms with Gasteiger partial charge in [0.1, 0.15) is 6.61 Å². The molecule has 3 N–H and O–H groups in total. The molecule has 3 aromatic rings. The number of ether oxygens (including phenoxy) is 1. The number of aromatic amines is 1. The molecule has 0 fully saturated rings. The summed E-state index contributed by atoms with van der Waals surface area (Å²) >= 11 is 0. The Balaban J connectivity index is 1.78. The molecular weight excluding hydrogens is 320 g/mol. The molecule has 0 spiro atoms. The zero-order valence-electron chi connectivity index (χ0n) is 12.3. The van der Waals surface area contributed by atoms with Gasteiger partial charge in [0, 0.05) is 22.7 Å². The summed E-state index contributed by atoms with van der Waals surface area (Å²) in [4.78, 5) is 17.1. The number of hydrogen-bond donors (Lipinski definition) is 3. The van der Waals surface area contributed by atoms with E-state index in [4.69, 9.17) is 9.84 Å². The molecule has 3 rings (SSSR count). The molecule has 0 aliphatic carbocycles. The van der Waals surface area contributed by atoms with Crippen LogP contribution in [0.15, 0.2) is 36.4 Å². The topological polar surface area (TPSA) is 87.2 Å². The molecule has 0 aliphatic heterocycles. The third kappa shape index (κ3) is 3.60. The molecule has 1 amide bonds. The molecule has 8 heteroatoms. The van der Waals surface area contributed by atoms with Crippen molar-refractivity contribution < 1.29 is 23.4 Å². The summed E-state index contributed by atoms with van der Waals surface area (Å²) in [5, 5.41) is 11.4. The summed E-state index contributed by atoms with van der Waals surface area (Å²) in [5.74, 6) is -1.21. The fraction of sp³-hybridized carbons (Fsp3) is 0.125. The van der Waals surface area contributed by atoms with Crippen molar-refractivity contribution in [1.82, 2.24) is 15.3 Å².